The number of hydrogen-bond acceptors (Lipinski definition) is 1. The van der Waals surface area contributed by atoms with Crippen molar-refractivity contribution in [3.8, 4) is 0 Å². The summed E-state index contributed by atoms with van der Waals surface area (Å²) in [5, 5.41) is 3.93. The van der Waals surface area contributed by atoms with Crippen LogP contribution in [-0.4, -0.2) is 0 Å². The third kappa shape index (κ3) is 2.02. The largest absolute Gasteiger partial charge is 0.0836 e. The van der Waals surface area contributed by atoms with Gasteiger partial charge in [-0.1, -0.05) is 28.3 Å². The van der Waals surface area contributed by atoms with Crippen molar-refractivity contribution in [3.05, 3.63) is 38.7 Å². The highest BCUT2D eigenvalue weighted by Crippen LogP contribution is 2.26. The van der Waals surface area contributed by atoms with Crippen LogP contribution in [0.5, 0.6) is 0 Å². The van der Waals surface area contributed by atoms with Crippen LogP contribution in [0.3, 0.4) is 0 Å². The summed E-state index contributed by atoms with van der Waals surface area (Å²) in [5.74, 6) is 0. The van der Waals surface area contributed by atoms with Gasteiger partial charge in [-0.3, -0.25) is 0 Å². The van der Waals surface area contributed by atoms with E-state index in [0.29, 0.717) is 10.7 Å². The molecule has 0 heterocycles. The Kier molecular flexibility index (Phi) is 2.60. The molecule has 0 aliphatic rings. The average Bonchev–Trinajstić information content (AvgIpc) is 1.95. The molecule has 0 amide bonds. The number of nitrogens with zero attached hydrogens (tertiary/aromatic N) is 3. The number of hydrogen-bond donors (Lipinski definition) is 0. The highest BCUT2D eigenvalue weighted by atomic mass is 35.5. The molecule has 1 radical (unpaired) electrons. The van der Waals surface area contributed by atoms with Crippen LogP contribution in [0.25, 0.3) is 10.4 Å². The predicted molar refractivity (Wildman–Crippen MR) is 44.1 cm³/mol. The van der Waals surface area contributed by atoms with E-state index in [1.165, 1.54) is 6.07 Å². The summed E-state index contributed by atoms with van der Waals surface area (Å²) in [4.78, 5) is 2.57. The van der Waals surface area contributed by atoms with Crippen LogP contribution in [-0.2, 0) is 0 Å². The molecule has 0 aromatic heterocycles. The fourth-order valence-electron chi connectivity index (χ4n) is 0.561. The second-order valence-corrected chi connectivity index (χ2v) is 2.48. The fraction of sp³-hybridized carbons (Fsp3) is 0. The third-order valence-corrected chi connectivity index (χ3v) is 1.50. The minimum Gasteiger partial charge on any atom is -0.0836 e. The maximum atomic E-state index is 8.07. The lowest BCUT2D eigenvalue weighted by Crippen LogP contribution is -1.67. The average molecular weight is 187 g/mol. The van der Waals surface area contributed by atoms with E-state index in [9.17, 15) is 0 Å². The quantitative estimate of drug-likeness (QED) is 0.365. The monoisotopic (exact) mass is 186 g/mol. The molecule has 1 aromatic rings. The van der Waals surface area contributed by atoms with Crippen LogP contribution < -0.4 is 0 Å². The lowest BCUT2D eigenvalue weighted by molar-refractivity contribution is 1.47. The van der Waals surface area contributed by atoms with Crippen LogP contribution in [0.1, 0.15) is 0 Å². The molecule has 1 rings (SSSR count). The van der Waals surface area contributed by atoms with Crippen molar-refractivity contribution >= 4 is 28.9 Å². The van der Waals surface area contributed by atoms with Gasteiger partial charge in [-0.25, -0.2) is 0 Å². The number of azide groups is 1. The Morgan fingerprint density at radius 2 is 2.18 bits per heavy atom. The molecular formula is C6H2Cl2N3. The first kappa shape index (κ1) is 8.21. The predicted octanol–water partition coefficient (Wildman–Crippen LogP) is 3.74. The summed E-state index contributed by atoms with van der Waals surface area (Å²) in [6, 6.07) is 5.67. The van der Waals surface area contributed by atoms with Crippen LogP contribution in [0.15, 0.2) is 17.2 Å². The Hall–Kier alpha value is -0.890. The molecule has 0 saturated carbocycles. The Bertz CT molecular complexity index is 318. The molecule has 5 heteroatoms. The van der Waals surface area contributed by atoms with E-state index in [-0.39, 0.29) is 5.02 Å². The second-order valence-electron chi connectivity index (χ2n) is 1.69. The molecule has 0 aliphatic carbocycles. The minimum atomic E-state index is 0.232. The molecular weight excluding hydrogens is 185 g/mol. The zero-order valence-corrected chi connectivity index (χ0v) is 6.76. The van der Waals surface area contributed by atoms with Gasteiger partial charge < -0.3 is 0 Å². The molecule has 1 aromatic carbocycles. The summed E-state index contributed by atoms with van der Waals surface area (Å²) in [5.41, 5.74) is 8.40. The van der Waals surface area contributed by atoms with E-state index in [0.717, 1.165) is 0 Å². The van der Waals surface area contributed by atoms with Gasteiger partial charge in [0.1, 0.15) is 0 Å². The second kappa shape index (κ2) is 3.49. The van der Waals surface area contributed by atoms with E-state index in [1.54, 1.807) is 6.07 Å². The van der Waals surface area contributed by atoms with Gasteiger partial charge in [0, 0.05) is 11.0 Å². The molecule has 0 saturated heterocycles. The van der Waals surface area contributed by atoms with Crippen LogP contribution in [0.4, 0.5) is 5.69 Å². The number of rotatable bonds is 1. The Morgan fingerprint density at radius 1 is 1.45 bits per heavy atom. The Labute approximate surface area is 73.2 Å². The maximum absolute atomic E-state index is 8.07. The van der Waals surface area contributed by atoms with Crippen LogP contribution >= 0.6 is 23.2 Å². The number of benzene rings is 1. The molecule has 0 bridgehead atoms. The third-order valence-electron chi connectivity index (χ3n) is 0.994. The molecule has 3 nitrogen and oxygen atoms in total. The lowest BCUT2D eigenvalue weighted by Gasteiger charge is -1.94. The highest BCUT2D eigenvalue weighted by Gasteiger charge is 1.97. The molecule has 11 heavy (non-hydrogen) atoms. The summed E-state index contributed by atoms with van der Waals surface area (Å²) in [6.07, 6.45) is 0. The first-order valence-electron chi connectivity index (χ1n) is 2.66. The van der Waals surface area contributed by atoms with Crippen molar-refractivity contribution in [2.24, 2.45) is 5.11 Å². The van der Waals surface area contributed by atoms with Gasteiger partial charge in [-0.2, -0.15) is 0 Å². The van der Waals surface area contributed by atoms with Crippen molar-refractivity contribution in [3.63, 3.8) is 0 Å². The summed E-state index contributed by atoms with van der Waals surface area (Å²) < 4.78 is 0. The molecule has 55 valence electrons. The van der Waals surface area contributed by atoms with E-state index in [1.807, 2.05) is 0 Å². The molecule has 0 aliphatic heterocycles. The van der Waals surface area contributed by atoms with Crippen molar-refractivity contribution in [1.82, 2.24) is 0 Å². The lowest BCUT2D eigenvalue weighted by atomic mass is 10.3. The van der Waals surface area contributed by atoms with E-state index in [4.69, 9.17) is 28.7 Å². The summed E-state index contributed by atoms with van der Waals surface area (Å²) >= 11 is 11.1. The summed E-state index contributed by atoms with van der Waals surface area (Å²) in [7, 11) is 0. The van der Waals surface area contributed by atoms with Gasteiger partial charge in [0.2, 0.25) is 0 Å². The molecule has 0 fully saturated rings. The molecule has 0 atom stereocenters. The van der Waals surface area contributed by atoms with Gasteiger partial charge in [-0.05, 0) is 17.7 Å². The maximum Gasteiger partial charge on any atom is 0.0596 e. The van der Waals surface area contributed by atoms with Crippen LogP contribution in [0.2, 0.25) is 10.0 Å². The van der Waals surface area contributed by atoms with E-state index >= 15 is 0 Å². The van der Waals surface area contributed by atoms with Gasteiger partial charge in [-0.15, -0.1) is 0 Å². The van der Waals surface area contributed by atoms with Crippen molar-refractivity contribution in [2.75, 3.05) is 0 Å². The van der Waals surface area contributed by atoms with Gasteiger partial charge in [0.05, 0.1) is 15.7 Å². The van der Waals surface area contributed by atoms with Crippen molar-refractivity contribution < 1.29 is 0 Å². The zero-order chi connectivity index (χ0) is 8.27. The Balaban J connectivity index is 3.19. The molecule has 0 unspecified atom stereocenters. The zero-order valence-electron chi connectivity index (χ0n) is 5.25. The van der Waals surface area contributed by atoms with E-state index in [2.05, 4.69) is 16.1 Å². The summed E-state index contributed by atoms with van der Waals surface area (Å²) in [6.45, 7) is 0. The smallest absolute Gasteiger partial charge is 0.0596 e. The van der Waals surface area contributed by atoms with E-state index < -0.39 is 0 Å². The molecule has 0 spiro atoms. The first-order chi connectivity index (χ1) is 5.24. The highest BCUT2D eigenvalue weighted by molar-refractivity contribution is 6.35. The fourth-order valence-corrected chi connectivity index (χ4v) is 0.970. The standard InChI is InChI=1S/C6H2Cl2N3/c7-4-1-2-6(10-11-9)5(8)3-4/h1-2H. The number of halogens is 2. The van der Waals surface area contributed by atoms with Crippen molar-refractivity contribution in [2.45, 2.75) is 0 Å². The topological polar surface area (TPSA) is 48.8 Å². The first-order valence-corrected chi connectivity index (χ1v) is 3.42. The molecule has 0 N–H and O–H groups in total. The normalized spacial score (nSPS) is 8.91. The Morgan fingerprint density at radius 3 is 2.73 bits per heavy atom. The van der Waals surface area contributed by atoms with Crippen LogP contribution in [0, 0.1) is 6.07 Å². The van der Waals surface area contributed by atoms with Gasteiger partial charge in [0.25, 0.3) is 0 Å². The SMILES string of the molecule is [N-]=[N+]=Nc1ccc(Cl)[c]c1Cl. The van der Waals surface area contributed by atoms with Crippen molar-refractivity contribution in [1.29, 1.82) is 0 Å². The van der Waals surface area contributed by atoms with Gasteiger partial charge >= 0.3 is 0 Å². The van der Waals surface area contributed by atoms with Gasteiger partial charge in [0.15, 0.2) is 0 Å². The minimum absolute atomic E-state index is 0.232.